The molecular formula is C32H63NO8. The topological polar surface area (TPSA) is 149 Å². The molecule has 1 aliphatic rings. The smallest absolute Gasteiger partial charge is 0.220 e. The van der Waals surface area contributed by atoms with Crippen molar-refractivity contribution in [2.75, 3.05) is 13.2 Å². The minimum atomic E-state index is -1.54. The van der Waals surface area contributed by atoms with Gasteiger partial charge in [-0.1, -0.05) is 123 Å². The highest BCUT2D eigenvalue weighted by Gasteiger charge is 2.44. The molecule has 1 fully saturated rings. The fourth-order valence-corrected chi connectivity index (χ4v) is 5.39. The number of unbranched alkanes of at least 4 members (excludes halogenated alkanes) is 16. The van der Waals surface area contributed by atoms with Crippen molar-refractivity contribution in [3.05, 3.63) is 0 Å². The summed E-state index contributed by atoms with van der Waals surface area (Å²) in [5, 5.41) is 53.6. The van der Waals surface area contributed by atoms with E-state index in [1.165, 1.54) is 77.0 Å². The van der Waals surface area contributed by atoms with E-state index in [4.69, 9.17) is 9.47 Å². The van der Waals surface area contributed by atoms with E-state index >= 15 is 0 Å². The lowest BCUT2D eigenvalue weighted by molar-refractivity contribution is -0.302. The fraction of sp³-hybridized carbons (Fsp3) is 0.969. The zero-order valence-electron chi connectivity index (χ0n) is 26.1. The van der Waals surface area contributed by atoms with Crippen molar-refractivity contribution in [2.45, 2.75) is 185 Å². The largest absolute Gasteiger partial charge is 0.394 e. The molecule has 6 N–H and O–H groups in total. The molecule has 0 spiro atoms. The van der Waals surface area contributed by atoms with Crippen molar-refractivity contribution in [1.29, 1.82) is 0 Å². The van der Waals surface area contributed by atoms with E-state index in [-0.39, 0.29) is 12.5 Å². The molecule has 9 nitrogen and oxygen atoms in total. The van der Waals surface area contributed by atoms with E-state index in [1.807, 2.05) is 0 Å². The second-order valence-corrected chi connectivity index (χ2v) is 12.0. The normalized spacial score (nSPS) is 24.3. The number of carbonyl (C=O) groups is 1. The van der Waals surface area contributed by atoms with Crippen molar-refractivity contribution in [1.82, 2.24) is 5.32 Å². The van der Waals surface area contributed by atoms with Gasteiger partial charge in [-0.2, -0.15) is 0 Å². The molecule has 244 valence electrons. The first kappa shape index (κ1) is 38.2. The van der Waals surface area contributed by atoms with Crippen molar-refractivity contribution >= 4 is 5.91 Å². The highest BCUT2D eigenvalue weighted by molar-refractivity contribution is 5.76. The number of ether oxygens (including phenoxy) is 2. The standard InChI is InChI=1S/C32H63NO8/c1-3-5-7-9-11-12-13-14-15-16-17-19-21-26(35)25(33-28(36)22-20-18-10-8-6-4-2)24-40-32-31(39)30(38)29(37)27(23-34)41-32/h25-27,29-32,34-35,37-39H,3-24H2,1-2H3,(H,33,36). The highest BCUT2D eigenvalue weighted by atomic mass is 16.7. The lowest BCUT2D eigenvalue weighted by Gasteiger charge is -2.40. The number of hydrogen-bond donors (Lipinski definition) is 6. The molecule has 1 amide bonds. The maximum absolute atomic E-state index is 12.7. The summed E-state index contributed by atoms with van der Waals surface area (Å²) >= 11 is 0. The Balaban J connectivity index is 2.47. The van der Waals surface area contributed by atoms with Gasteiger partial charge in [-0.05, 0) is 12.8 Å². The van der Waals surface area contributed by atoms with Crippen molar-refractivity contribution < 1.29 is 39.8 Å². The molecule has 0 aliphatic carbocycles. The Morgan fingerprint density at radius 3 is 1.73 bits per heavy atom. The first-order valence-electron chi connectivity index (χ1n) is 16.7. The number of rotatable bonds is 26. The summed E-state index contributed by atoms with van der Waals surface area (Å²) in [6.07, 6.45) is 14.2. The van der Waals surface area contributed by atoms with Gasteiger partial charge < -0.3 is 40.3 Å². The van der Waals surface area contributed by atoms with Gasteiger partial charge in [0.15, 0.2) is 6.29 Å². The van der Waals surface area contributed by atoms with Crippen molar-refractivity contribution in [3.8, 4) is 0 Å². The van der Waals surface area contributed by atoms with E-state index in [2.05, 4.69) is 19.2 Å². The average Bonchev–Trinajstić information content (AvgIpc) is 2.97. The number of hydrogen-bond acceptors (Lipinski definition) is 8. The maximum atomic E-state index is 12.7. The molecule has 1 heterocycles. The van der Waals surface area contributed by atoms with Gasteiger partial charge in [0.05, 0.1) is 25.4 Å². The van der Waals surface area contributed by atoms with E-state index in [0.29, 0.717) is 12.8 Å². The fourth-order valence-electron chi connectivity index (χ4n) is 5.39. The van der Waals surface area contributed by atoms with E-state index in [1.54, 1.807) is 0 Å². The summed E-state index contributed by atoms with van der Waals surface area (Å²) in [5.41, 5.74) is 0. The lowest BCUT2D eigenvalue weighted by atomic mass is 9.99. The van der Waals surface area contributed by atoms with Crippen LogP contribution in [0.2, 0.25) is 0 Å². The predicted molar refractivity (Wildman–Crippen MR) is 161 cm³/mol. The number of aliphatic hydroxyl groups excluding tert-OH is 5. The second kappa shape index (κ2) is 24.6. The Bertz CT molecular complexity index is 623. The molecule has 7 atom stereocenters. The summed E-state index contributed by atoms with van der Waals surface area (Å²) in [6, 6.07) is -0.706. The first-order chi connectivity index (χ1) is 19.8. The van der Waals surface area contributed by atoms with Crippen LogP contribution < -0.4 is 5.32 Å². The van der Waals surface area contributed by atoms with Gasteiger partial charge in [0.1, 0.15) is 24.4 Å². The van der Waals surface area contributed by atoms with Gasteiger partial charge in [0.25, 0.3) is 0 Å². The monoisotopic (exact) mass is 589 g/mol. The second-order valence-electron chi connectivity index (χ2n) is 12.0. The Morgan fingerprint density at radius 2 is 1.22 bits per heavy atom. The van der Waals surface area contributed by atoms with E-state index in [9.17, 15) is 30.3 Å². The molecule has 0 bridgehead atoms. The van der Waals surface area contributed by atoms with Crippen LogP contribution in [0.25, 0.3) is 0 Å². The van der Waals surface area contributed by atoms with Crippen LogP contribution in [0.3, 0.4) is 0 Å². The average molecular weight is 590 g/mol. The van der Waals surface area contributed by atoms with Gasteiger partial charge in [-0.15, -0.1) is 0 Å². The molecule has 0 aromatic heterocycles. The summed E-state index contributed by atoms with van der Waals surface area (Å²) in [5.74, 6) is -0.156. The molecule has 9 heteroatoms. The third-order valence-corrected chi connectivity index (χ3v) is 8.21. The van der Waals surface area contributed by atoms with Gasteiger partial charge in [-0.25, -0.2) is 0 Å². The molecule has 41 heavy (non-hydrogen) atoms. The van der Waals surface area contributed by atoms with Gasteiger partial charge >= 0.3 is 0 Å². The third-order valence-electron chi connectivity index (χ3n) is 8.21. The van der Waals surface area contributed by atoms with Crippen molar-refractivity contribution in [2.24, 2.45) is 0 Å². The molecule has 1 rings (SSSR count). The van der Waals surface area contributed by atoms with Crippen LogP contribution in [-0.4, -0.2) is 87.5 Å². The van der Waals surface area contributed by atoms with Crippen LogP contribution in [0.4, 0.5) is 0 Å². The van der Waals surface area contributed by atoms with Crippen LogP contribution in [0.5, 0.6) is 0 Å². The molecular weight excluding hydrogens is 526 g/mol. The third kappa shape index (κ3) is 17.2. The minimum Gasteiger partial charge on any atom is -0.394 e. The Morgan fingerprint density at radius 1 is 0.732 bits per heavy atom. The molecule has 0 saturated carbocycles. The highest BCUT2D eigenvalue weighted by Crippen LogP contribution is 2.23. The van der Waals surface area contributed by atoms with E-state index in [0.717, 1.165) is 38.5 Å². The van der Waals surface area contributed by atoms with Crippen LogP contribution in [0.15, 0.2) is 0 Å². The SMILES string of the molecule is CCCCCCCCCCCCCCC(O)C(COC1OC(CO)C(O)C(O)C1O)NC(=O)CCCCCCCC. The Kier molecular flexibility index (Phi) is 22.9. The van der Waals surface area contributed by atoms with Crippen LogP contribution in [-0.2, 0) is 14.3 Å². The Labute approximate surface area is 249 Å². The molecule has 0 radical (unpaired) electrons. The first-order valence-corrected chi connectivity index (χ1v) is 16.7. The lowest BCUT2D eigenvalue weighted by Crippen LogP contribution is -2.60. The quantitative estimate of drug-likeness (QED) is 0.0809. The summed E-state index contributed by atoms with van der Waals surface area (Å²) in [6.45, 7) is 3.72. The molecule has 7 unspecified atom stereocenters. The Hall–Kier alpha value is -0.810. The zero-order valence-corrected chi connectivity index (χ0v) is 26.1. The zero-order chi connectivity index (χ0) is 30.3. The van der Waals surface area contributed by atoms with Crippen LogP contribution in [0, 0.1) is 0 Å². The maximum Gasteiger partial charge on any atom is 0.220 e. The molecule has 0 aromatic carbocycles. The summed E-state index contributed by atoms with van der Waals surface area (Å²) < 4.78 is 11.1. The number of amides is 1. The number of carbonyl (C=O) groups excluding carboxylic acids is 1. The molecule has 0 aromatic rings. The van der Waals surface area contributed by atoms with Crippen LogP contribution in [0.1, 0.15) is 142 Å². The van der Waals surface area contributed by atoms with E-state index < -0.39 is 49.5 Å². The number of aliphatic hydroxyl groups is 5. The van der Waals surface area contributed by atoms with Crippen LogP contribution >= 0.6 is 0 Å². The molecule has 1 saturated heterocycles. The summed E-state index contributed by atoms with van der Waals surface area (Å²) in [4.78, 5) is 12.7. The van der Waals surface area contributed by atoms with Gasteiger partial charge in [0, 0.05) is 6.42 Å². The van der Waals surface area contributed by atoms with Gasteiger partial charge in [0.2, 0.25) is 5.91 Å². The number of nitrogens with one attached hydrogen (secondary N) is 1. The van der Waals surface area contributed by atoms with Gasteiger partial charge in [-0.3, -0.25) is 4.79 Å². The summed E-state index contributed by atoms with van der Waals surface area (Å²) in [7, 11) is 0. The molecule has 1 aliphatic heterocycles. The minimum absolute atomic E-state index is 0.135. The predicted octanol–water partition coefficient (Wildman–Crippen LogP) is 4.49. The van der Waals surface area contributed by atoms with Crippen molar-refractivity contribution in [3.63, 3.8) is 0 Å².